The Kier molecular flexibility index (Phi) is 10.8. The van der Waals surface area contributed by atoms with Crippen molar-refractivity contribution in [1.29, 1.82) is 0 Å². The maximum atomic E-state index is 13.3. The van der Waals surface area contributed by atoms with Gasteiger partial charge in [-0.15, -0.1) is 0 Å². The van der Waals surface area contributed by atoms with E-state index in [0.29, 0.717) is 17.9 Å². The number of carbonyl (C=O) groups excluding carboxylic acids is 4. The molecule has 0 aliphatic heterocycles. The van der Waals surface area contributed by atoms with E-state index in [0.717, 1.165) is 0 Å². The normalized spacial score (nSPS) is 10.8. The molecule has 8 nitrogen and oxygen atoms in total. The summed E-state index contributed by atoms with van der Waals surface area (Å²) < 4.78 is 25.2. The predicted molar refractivity (Wildman–Crippen MR) is 164 cm³/mol. The first-order chi connectivity index (χ1) is 19.5. The number of rotatable bonds is 8. The molecule has 0 atom stereocenters. The predicted octanol–water partition coefficient (Wildman–Crippen LogP) is 7.90. The molecule has 4 aromatic rings. The standard InChI is InChI=1S/4C7H5BrO2.Sn/c4*8-6-3-1-5(2-4-6)7(9)10;/h4*1-4H,(H,9,10);/q;;;;+4/p-4. The summed E-state index contributed by atoms with van der Waals surface area (Å²) in [5.41, 5.74) is 0.142. The summed E-state index contributed by atoms with van der Waals surface area (Å²) in [7, 11) is 0. The number of benzene rings is 4. The Hall–Kier alpha value is -2.52. The molecule has 4 aromatic carbocycles. The molecular formula is C28H16Br4O8Sn. The van der Waals surface area contributed by atoms with E-state index in [4.69, 9.17) is 12.3 Å². The summed E-state index contributed by atoms with van der Waals surface area (Å²) in [6, 6.07) is 24.2. The Balaban J connectivity index is 1.77. The molecule has 0 radical (unpaired) electrons. The Morgan fingerprint density at radius 1 is 0.366 bits per heavy atom. The average Bonchev–Trinajstić information content (AvgIpc) is 2.94. The quantitative estimate of drug-likeness (QED) is 0.165. The molecule has 0 saturated heterocycles. The van der Waals surface area contributed by atoms with Crippen LogP contribution in [0.3, 0.4) is 0 Å². The first-order valence-corrected chi connectivity index (χ1v) is 19.3. The molecule has 0 spiro atoms. The van der Waals surface area contributed by atoms with Crippen molar-refractivity contribution in [3.63, 3.8) is 0 Å². The van der Waals surface area contributed by atoms with Gasteiger partial charge in [-0.25, -0.2) is 0 Å². The minimum absolute atomic E-state index is 0.0355. The molecule has 4 rings (SSSR count). The van der Waals surface area contributed by atoms with Crippen LogP contribution >= 0.6 is 63.7 Å². The van der Waals surface area contributed by atoms with Gasteiger partial charge in [0.15, 0.2) is 0 Å². The third kappa shape index (κ3) is 8.74. The Morgan fingerprint density at radius 3 is 0.707 bits per heavy atom. The second kappa shape index (κ2) is 14.1. The van der Waals surface area contributed by atoms with Crippen LogP contribution in [0.4, 0.5) is 0 Å². The van der Waals surface area contributed by atoms with Gasteiger partial charge in [-0.3, -0.25) is 0 Å². The van der Waals surface area contributed by atoms with Gasteiger partial charge < -0.3 is 0 Å². The molecular weight excluding hydrogens is 903 g/mol. The molecule has 0 aromatic heterocycles. The van der Waals surface area contributed by atoms with Crippen LogP contribution in [0.15, 0.2) is 115 Å². The van der Waals surface area contributed by atoms with E-state index in [1.807, 2.05) is 0 Å². The van der Waals surface area contributed by atoms with E-state index in [2.05, 4.69) is 63.7 Å². The van der Waals surface area contributed by atoms with Gasteiger partial charge in [0.2, 0.25) is 0 Å². The fourth-order valence-corrected chi connectivity index (χ4v) is 8.87. The Labute approximate surface area is 273 Å². The monoisotopic (exact) mass is 916 g/mol. The van der Waals surface area contributed by atoms with Crippen molar-refractivity contribution < 1.29 is 31.5 Å². The molecule has 41 heavy (non-hydrogen) atoms. The number of hydrogen-bond donors (Lipinski definition) is 0. The fraction of sp³-hybridized carbons (Fsp3) is 0. The van der Waals surface area contributed by atoms with E-state index in [1.54, 1.807) is 48.5 Å². The van der Waals surface area contributed by atoms with Gasteiger partial charge >= 0.3 is 276 Å². The molecule has 208 valence electrons. The van der Waals surface area contributed by atoms with Crippen molar-refractivity contribution in [2.24, 2.45) is 0 Å². The van der Waals surface area contributed by atoms with E-state index >= 15 is 0 Å². The van der Waals surface area contributed by atoms with Gasteiger partial charge in [-0.1, -0.05) is 0 Å². The summed E-state index contributed by atoms with van der Waals surface area (Å²) in [5, 5.41) is 0. The van der Waals surface area contributed by atoms with Crippen LogP contribution < -0.4 is 0 Å². The Morgan fingerprint density at radius 2 is 0.537 bits per heavy atom. The van der Waals surface area contributed by atoms with Crippen molar-refractivity contribution in [1.82, 2.24) is 0 Å². The zero-order valence-corrected chi connectivity index (χ0v) is 29.7. The zero-order valence-electron chi connectivity index (χ0n) is 20.5. The summed E-state index contributed by atoms with van der Waals surface area (Å²) in [5.74, 6) is -4.10. The number of halogens is 4. The molecule has 0 saturated carbocycles. The minimum atomic E-state index is -6.31. The molecule has 0 heterocycles. The zero-order chi connectivity index (χ0) is 29.6. The summed E-state index contributed by atoms with van der Waals surface area (Å²) >= 11 is 6.85. The molecule has 0 fully saturated rings. The summed E-state index contributed by atoms with van der Waals surface area (Å²) in [4.78, 5) is 53.1. The summed E-state index contributed by atoms with van der Waals surface area (Å²) in [6.45, 7) is 0. The fourth-order valence-electron chi connectivity index (χ4n) is 3.16. The molecule has 0 amide bonds. The van der Waals surface area contributed by atoms with Crippen LogP contribution in [-0.2, 0) is 12.3 Å². The molecule has 0 bridgehead atoms. The Bertz CT molecular complexity index is 1330. The van der Waals surface area contributed by atoms with Gasteiger partial charge in [-0.05, 0) is 0 Å². The molecule has 0 unspecified atom stereocenters. The second-order valence-corrected chi connectivity index (χ2v) is 16.9. The third-order valence-corrected chi connectivity index (χ3v) is 12.3. The van der Waals surface area contributed by atoms with Gasteiger partial charge in [-0.2, -0.15) is 0 Å². The van der Waals surface area contributed by atoms with Crippen molar-refractivity contribution >= 4 is 108 Å². The average molecular weight is 919 g/mol. The van der Waals surface area contributed by atoms with E-state index < -0.39 is 43.9 Å². The van der Waals surface area contributed by atoms with Crippen LogP contribution in [0.1, 0.15) is 41.4 Å². The topological polar surface area (TPSA) is 105 Å². The second-order valence-electron chi connectivity index (χ2n) is 8.09. The SMILES string of the molecule is O=C([O][Sn]([O]C(=O)c1ccc(Br)cc1)([O]C(=O)c1ccc(Br)cc1)[O]C(=O)c1ccc(Br)cc1)c1ccc(Br)cc1. The molecule has 13 heteroatoms. The third-order valence-electron chi connectivity index (χ3n) is 5.19. The van der Waals surface area contributed by atoms with Gasteiger partial charge in [0, 0.05) is 0 Å². The van der Waals surface area contributed by atoms with E-state index in [1.165, 1.54) is 48.5 Å². The van der Waals surface area contributed by atoms with Crippen LogP contribution in [0, 0.1) is 0 Å². The van der Waals surface area contributed by atoms with Crippen molar-refractivity contribution in [3.8, 4) is 0 Å². The molecule has 0 aliphatic carbocycles. The number of hydrogen-bond acceptors (Lipinski definition) is 8. The van der Waals surface area contributed by atoms with E-state index in [9.17, 15) is 19.2 Å². The molecule has 0 N–H and O–H groups in total. The number of carbonyl (C=O) groups is 4. The van der Waals surface area contributed by atoms with Crippen LogP contribution in [0.5, 0.6) is 0 Å². The first-order valence-electron chi connectivity index (χ1n) is 11.5. The van der Waals surface area contributed by atoms with Crippen LogP contribution in [0.2, 0.25) is 0 Å². The van der Waals surface area contributed by atoms with Crippen LogP contribution in [0.25, 0.3) is 0 Å². The van der Waals surface area contributed by atoms with Crippen molar-refractivity contribution in [3.05, 3.63) is 137 Å². The molecule has 0 aliphatic rings. The first kappa shape index (κ1) is 31.4. The summed E-state index contributed by atoms with van der Waals surface area (Å²) in [6.07, 6.45) is 0. The van der Waals surface area contributed by atoms with Gasteiger partial charge in [0.05, 0.1) is 0 Å². The van der Waals surface area contributed by atoms with Gasteiger partial charge in [0.25, 0.3) is 0 Å². The van der Waals surface area contributed by atoms with Gasteiger partial charge in [0.1, 0.15) is 0 Å². The van der Waals surface area contributed by atoms with Crippen molar-refractivity contribution in [2.45, 2.75) is 0 Å². The van der Waals surface area contributed by atoms with Crippen molar-refractivity contribution in [2.75, 3.05) is 0 Å². The van der Waals surface area contributed by atoms with E-state index in [-0.39, 0.29) is 22.3 Å². The maximum absolute atomic E-state index is 13.3. The van der Waals surface area contributed by atoms with Crippen LogP contribution in [-0.4, -0.2) is 43.9 Å².